The standard InChI is InChI=1S/C21H24ClF3O4/c1-20(2,14-3-7-17(8-4-14)28-12-16(26)11-22)15-5-9-18(10-6-15)29-13-19(27)21(23,24)25/h3-10,16,19,26-27H,11-13H2,1-2H3/t16-,19-/m0/s1. The molecule has 2 N–H and O–H groups in total. The van der Waals surface area contributed by atoms with Crippen LogP contribution in [0.3, 0.4) is 0 Å². The van der Waals surface area contributed by atoms with Gasteiger partial charge >= 0.3 is 6.18 Å². The van der Waals surface area contributed by atoms with Crippen LogP contribution in [0.1, 0.15) is 25.0 Å². The Morgan fingerprint density at radius 2 is 1.24 bits per heavy atom. The summed E-state index contributed by atoms with van der Waals surface area (Å²) in [5.74, 6) is 0.954. The van der Waals surface area contributed by atoms with E-state index in [1.165, 1.54) is 0 Å². The van der Waals surface area contributed by atoms with Crippen molar-refractivity contribution in [2.75, 3.05) is 19.1 Å². The highest BCUT2D eigenvalue weighted by Gasteiger charge is 2.38. The predicted octanol–water partition coefficient (Wildman–Crippen LogP) is 4.29. The van der Waals surface area contributed by atoms with Gasteiger partial charge in [-0.3, -0.25) is 0 Å². The zero-order chi connectivity index (χ0) is 21.7. The number of aliphatic hydroxyl groups excluding tert-OH is 2. The van der Waals surface area contributed by atoms with E-state index in [4.69, 9.17) is 26.2 Å². The molecule has 4 nitrogen and oxygen atoms in total. The van der Waals surface area contributed by atoms with E-state index in [9.17, 15) is 18.3 Å². The highest BCUT2D eigenvalue weighted by atomic mass is 35.5. The smallest absolute Gasteiger partial charge is 0.417 e. The van der Waals surface area contributed by atoms with Gasteiger partial charge in [0.05, 0.1) is 5.88 Å². The molecule has 2 aromatic carbocycles. The fraction of sp³-hybridized carbons (Fsp3) is 0.429. The summed E-state index contributed by atoms with van der Waals surface area (Å²) in [6, 6.07) is 14.1. The van der Waals surface area contributed by atoms with Crippen LogP contribution in [0.4, 0.5) is 13.2 Å². The van der Waals surface area contributed by atoms with Crippen LogP contribution in [0.25, 0.3) is 0 Å². The second-order valence-corrected chi connectivity index (χ2v) is 7.47. The molecule has 0 aliphatic heterocycles. The molecular formula is C21H24ClF3O4. The highest BCUT2D eigenvalue weighted by Crippen LogP contribution is 2.33. The van der Waals surface area contributed by atoms with Crippen molar-refractivity contribution in [2.45, 2.75) is 37.6 Å². The molecule has 0 amide bonds. The number of alkyl halides is 4. The van der Waals surface area contributed by atoms with Crippen LogP contribution < -0.4 is 9.47 Å². The van der Waals surface area contributed by atoms with E-state index < -0.39 is 25.0 Å². The largest absolute Gasteiger partial charge is 0.491 e. The van der Waals surface area contributed by atoms with E-state index in [0.717, 1.165) is 11.1 Å². The van der Waals surface area contributed by atoms with Crippen molar-refractivity contribution < 1.29 is 32.9 Å². The number of benzene rings is 2. The lowest BCUT2D eigenvalue weighted by molar-refractivity contribution is -0.210. The van der Waals surface area contributed by atoms with Gasteiger partial charge in [0.25, 0.3) is 0 Å². The summed E-state index contributed by atoms with van der Waals surface area (Å²) < 4.78 is 47.5. The van der Waals surface area contributed by atoms with Crippen molar-refractivity contribution in [2.24, 2.45) is 0 Å². The van der Waals surface area contributed by atoms with Crippen LogP contribution in [-0.4, -0.2) is 47.7 Å². The quantitative estimate of drug-likeness (QED) is 0.580. The third-order valence-electron chi connectivity index (χ3n) is 4.56. The third kappa shape index (κ3) is 6.52. The summed E-state index contributed by atoms with van der Waals surface area (Å²) in [6.07, 6.45) is -7.96. The van der Waals surface area contributed by atoms with Crippen LogP contribution in [0.2, 0.25) is 0 Å². The molecule has 160 valence electrons. The molecule has 0 saturated heterocycles. The molecule has 0 saturated carbocycles. The van der Waals surface area contributed by atoms with Gasteiger partial charge in [-0.15, -0.1) is 11.6 Å². The van der Waals surface area contributed by atoms with Crippen LogP contribution in [0, 0.1) is 0 Å². The van der Waals surface area contributed by atoms with E-state index in [1.54, 1.807) is 36.4 Å². The number of aliphatic hydroxyl groups is 2. The summed E-state index contributed by atoms with van der Waals surface area (Å²) in [5.41, 5.74) is 1.56. The zero-order valence-corrected chi connectivity index (χ0v) is 16.9. The van der Waals surface area contributed by atoms with Crippen molar-refractivity contribution >= 4 is 11.6 Å². The van der Waals surface area contributed by atoms with Crippen molar-refractivity contribution in [1.82, 2.24) is 0 Å². The van der Waals surface area contributed by atoms with Gasteiger partial charge in [0.15, 0.2) is 6.10 Å². The molecule has 0 fully saturated rings. The molecular weight excluding hydrogens is 409 g/mol. The highest BCUT2D eigenvalue weighted by molar-refractivity contribution is 6.18. The average Bonchev–Trinajstić information content (AvgIpc) is 2.70. The SMILES string of the molecule is CC(C)(c1ccc(OC[C@@H](O)CCl)cc1)c1ccc(OC[C@H](O)C(F)(F)F)cc1. The Labute approximate surface area is 172 Å². The normalized spacial score (nSPS) is 14.3. The molecule has 0 unspecified atom stereocenters. The second-order valence-electron chi connectivity index (χ2n) is 7.16. The van der Waals surface area contributed by atoms with Gasteiger partial charge in [-0.25, -0.2) is 0 Å². The maximum atomic E-state index is 12.3. The van der Waals surface area contributed by atoms with E-state index in [1.807, 2.05) is 26.0 Å². The van der Waals surface area contributed by atoms with E-state index in [2.05, 4.69) is 0 Å². The first kappa shape index (κ1) is 23.3. The lowest BCUT2D eigenvalue weighted by atomic mass is 9.78. The van der Waals surface area contributed by atoms with Crippen molar-refractivity contribution in [3.8, 4) is 11.5 Å². The van der Waals surface area contributed by atoms with Gasteiger partial charge in [-0.1, -0.05) is 38.1 Å². The first-order valence-corrected chi connectivity index (χ1v) is 9.53. The fourth-order valence-corrected chi connectivity index (χ4v) is 2.70. The number of halogens is 4. The maximum Gasteiger partial charge on any atom is 0.417 e. The van der Waals surface area contributed by atoms with Gasteiger partial charge < -0.3 is 19.7 Å². The minimum Gasteiger partial charge on any atom is -0.491 e. The van der Waals surface area contributed by atoms with Gasteiger partial charge in [0, 0.05) is 5.41 Å². The molecule has 0 heterocycles. The van der Waals surface area contributed by atoms with E-state index >= 15 is 0 Å². The lowest BCUT2D eigenvalue weighted by Crippen LogP contribution is -2.34. The van der Waals surface area contributed by atoms with Gasteiger partial charge in [-0.2, -0.15) is 13.2 Å². The molecule has 0 radical (unpaired) electrons. The lowest BCUT2D eigenvalue weighted by Gasteiger charge is -2.26. The number of ether oxygens (including phenoxy) is 2. The maximum absolute atomic E-state index is 12.3. The van der Waals surface area contributed by atoms with Crippen molar-refractivity contribution in [3.63, 3.8) is 0 Å². The van der Waals surface area contributed by atoms with E-state index in [-0.39, 0.29) is 23.7 Å². The molecule has 8 heteroatoms. The Balaban J connectivity index is 2.03. The minimum atomic E-state index is -4.71. The van der Waals surface area contributed by atoms with Gasteiger partial charge in [0.2, 0.25) is 0 Å². The van der Waals surface area contributed by atoms with Crippen molar-refractivity contribution in [3.05, 3.63) is 59.7 Å². The Bertz CT molecular complexity index is 761. The molecule has 2 atom stereocenters. The third-order valence-corrected chi connectivity index (χ3v) is 4.91. The Hall–Kier alpha value is -1.96. The Morgan fingerprint density at radius 1 is 0.828 bits per heavy atom. The van der Waals surface area contributed by atoms with Crippen LogP contribution in [0.15, 0.2) is 48.5 Å². The zero-order valence-electron chi connectivity index (χ0n) is 16.1. The molecule has 0 aliphatic rings. The summed E-state index contributed by atoms with van der Waals surface area (Å²) in [6.45, 7) is 3.29. The van der Waals surface area contributed by atoms with Crippen molar-refractivity contribution in [1.29, 1.82) is 0 Å². The fourth-order valence-electron chi connectivity index (χ4n) is 2.61. The number of rotatable bonds is 9. The first-order valence-electron chi connectivity index (χ1n) is 8.99. The summed E-state index contributed by atoms with van der Waals surface area (Å²) in [5, 5.41) is 18.4. The summed E-state index contributed by atoms with van der Waals surface area (Å²) in [4.78, 5) is 0. The van der Waals surface area contributed by atoms with Crippen LogP contribution in [-0.2, 0) is 5.41 Å². The summed E-state index contributed by atoms with van der Waals surface area (Å²) >= 11 is 5.54. The molecule has 0 aliphatic carbocycles. The predicted molar refractivity (Wildman–Crippen MR) is 105 cm³/mol. The van der Waals surface area contributed by atoms with Gasteiger partial charge in [0.1, 0.15) is 30.8 Å². The Morgan fingerprint density at radius 3 is 1.62 bits per heavy atom. The first-order chi connectivity index (χ1) is 13.5. The second kappa shape index (κ2) is 9.69. The van der Waals surface area contributed by atoms with Crippen LogP contribution in [0.5, 0.6) is 11.5 Å². The topological polar surface area (TPSA) is 58.9 Å². The molecule has 0 spiro atoms. The molecule has 29 heavy (non-hydrogen) atoms. The number of hydrogen-bond donors (Lipinski definition) is 2. The molecule has 0 bridgehead atoms. The van der Waals surface area contributed by atoms with E-state index in [0.29, 0.717) is 5.75 Å². The van der Waals surface area contributed by atoms with Crippen LogP contribution >= 0.6 is 11.6 Å². The Kier molecular flexibility index (Phi) is 7.80. The molecule has 0 aromatic heterocycles. The number of hydrogen-bond acceptors (Lipinski definition) is 4. The minimum absolute atomic E-state index is 0.0972. The monoisotopic (exact) mass is 432 g/mol. The summed E-state index contributed by atoms with van der Waals surface area (Å²) in [7, 11) is 0. The van der Waals surface area contributed by atoms with Gasteiger partial charge in [-0.05, 0) is 35.4 Å². The average molecular weight is 433 g/mol. The molecule has 2 rings (SSSR count). The molecule has 2 aromatic rings.